The van der Waals surface area contributed by atoms with E-state index in [0.29, 0.717) is 11.6 Å². The number of rotatable bonds is 3. The van der Waals surface area contributed by atoms with Crippen LogP contribution in [0.15, 0.2) is 36.7 Å². The summed E-state index contributed by atoms with van der Waals surface area (Å²) in [5, 5.41) is 2.59. The molecule has 0 aliphatic rings. The number of hydrogen-bond donors (Lipinski definition) is 1. The van der Waals surface area contributed by atoms with Crippen molar-refractivity contribution in [3.05, 3.63) is 48.2 Å². The molecule has 0 bridgehead atoms. The first kappa shape index (κ1) is 12.0. The molecule has 1 heterocycles. The highest BCUT2D eigenvalue weighted by Gasteiger charge is 2.09. The Balaban J connectivity index is 2.14. The third kappa shape index (κ3) is 2.79. The van der Waals surface area contributed by atoms with E-state index < -0.39 is 5.91 Å². The SMILES string of the molecule is COc1cc(C(=O)Nc2ccc(F)cc2)ncn1. The number of benzene rings is 1. The van der Waals surface area contributed by atoms with E-state index in [1.54, 1.807) is 0 Å². The number of anilines is 1. The summed E-state index contributed by atoms with van der Waals surface area (Å²) in [6.07, 6.45) is 1.23. The van der Waals surface area contributed by atoms with E-state index >= 15 is 0 Å². The normalized spacial score (nSPS) is 9.89. The number of nitrogens with zero attached hydrogens (tertiary/aromatic N) is 2. The second-order valence-corrected chi connectivity index (χ2v) is 3.41. The van der Waals surface area contributed by atoms with E-state index in [-0.39, 0.29) is 11.5 Å². The van der Waals surface area contributed by atoms with Crippen LogP contribution < -0.4 is 10.1 Å². The van der Waals surface area contributed by atoms with Gasteiger partial charge in [-0.15, -0.1) is 0 Å². The first-order valence-corrected chi connectivity index (χ1v) is 5.12. The molecule has 0 fully saturated rings. The molecule has 18 heavy (non-hydrogen) atoms. The van der Waals surface area contributed by atoms with E-state index in [1.165, 1.54) is 43.8 Å². The molecule has 1 aromatic carbocycles. The summed E-state index contributed by atoms with van der Waals surface area (Å²) in [7, 11) is 1.45. The molecule has 1 aromatic heterocycles. The van der Waals surface area contributed by atoms with Crippen LogP contribution in [0.2, 0.25) is 0 Å². The number of aromatic nitrogens is 2. The summed E-state index contributed by atoms with van der Waals surface area (Å²) >= 11 is 0. The summed E-state index contributed by atoms with van der Waals surface area (Å²) < 4.78 is 17.6. The molecule has 2 rings (SSSR count). The number of ether oxygens (including phenoxy) is 1. The van der Waals surface area contributed by atoms with Crippen molar-refractivity contribution >= 4 is 11.6 Å². The van der Waals surface area contributed by atoms with Gasteiger partial charge >= 0.3 is 0 Å². The van der Waals surface area contributed by atoms with Gasteiger partial charge in [-0.1, -0.05) is 0 Å². The Morgan fingerprint density at radius 1 is 1.28 bits per heavy atom. The van der Waals surface area contributed by atoms with Crippen LogP contribution >= 0.6 is 0 Å². The van der Waals surface area contributed by atoms with Crippen LogP contribution in [0, 0.1) is 5.82 Å². The lowest BCUT2D eigenvalue weighted by Gasteiger charge is -2.05. The first-order valence-electron chi connectivity index (χ1n) is 5.12. The topological polar surface area (TPSA) is 64.1 Å². The van der Waals surface area contributed by atoms with Crippen LogP contribution in [0.25, 0.3) is 0 Å². The van der Waals surface area contributed by atoms with Gasteiger partial charge in [0, 0.05) is 11.8 Å². The monoisotopic (exact) mass is 247 g/mol. The molecular formula is C12H10FN3O2. The third-order valence-corrected chi connectivity index (χ3v) is 2.19. The molecule has 1 N–H and O–H groups in total. The molecule has 5 nitrogen and oxygen atoms in total. The minimum atomic E-state index is -0.415. The van der Waals surface area contributed by atoms with Gasteiger partial charge in [-0.3, -0.25) is 4.79 Å². The summed E-state index contributed by atoms with van der Waals surface area (Å²) in [5.41, 5.74) is 0.658. The van der Waals surface area contributed by atoms with Crippen LogP contribution in [0.5, 0.6) is 5.88 Å². The van der Waals surface area contributed by atoms with Gasteiger partial charge in [-0.05, 0) is 24.3 Å². The van der Waals surface area contributed by atoms with Crippen molar-refractivity contribution in [2.45, 2.75) is 0 Å². The van der Waals surface area contributed by atoms with Crippen molar-refractivity contribution in [3.8, 4) is 5.88 Å². The molecule has 2 aromatic rings. The molecular weight excluding hydrogens is 237 g/mol. The zero-order chi connectivity index (χ0) is 13.0. The number of hydrogen-bond acceptors (Lipinski definition) is 4. The maximum absolute atomic E-state index is 12.7. The minimum absolute atomic E-state index is 0.172. The number of nitrogens with one attached hydrogen (secondary N) is 1. The highest BCUT2D eigenvalue weighted by Crippen LogP contribution is 2.11. The smallest absolute Gasteiger partial charge is 0.274 e. The van der Waals surface area contributed by atoms with Crippen molar-refractivity contribution in [2.24, 2.45) is 0 Å². The predicted molar refractivity (Wildman–Crippen MR) is 62.9 cm³/mol. The van der Waals surface area contributed by atoms with E-state index in [2.05, 4.69) is 15.3 Å². The zero-order valence-electron chi connectivity index (χ0n) is 9.55. The second-order valence-electron chi connectivity index (χ2n) is 3.41. The number of amides is 1. The fourth-order valence-electron chi connectivity index (χ4n) is 1.30. The minimum Gasteiger partial charge on any atom is -0.481 e. The summed E-state index contributed by atoms with van der Waals surface area (Å²) in [6, 6.07) is 6.86. The maximum Gasteiger partial charge on any atom is 0.274 e. The summed E-state index contributed by atoms with van der Waals surface area (Å²) in [6.45, 7) is 0. The van der Waals surface area contributed by atoms with Crippen LogP contribution in [-0.4, -0.2) is 23.0 Å². The van der Waals surface area contributed by atoms with Crippen LogP contribution in [0.4, 0.5) is 10.1 Å². The fourth-order valence-corrected chi connectivity index (χ4v) is 1.30. The predicted octanol–water partition coefficient (Wildman–Crippen LogP) is 1.88. The highest BCUT2D eigenvalue weighted by molar-refractivity contribution is 6.02. The van der Waals surface area contributed by atoms with E-state index in [0.717, 1.165) is 0 Å². The van der Waals surface area contributed by atoms with Crippen LogP contribution in [-0.2, 0) is 0 Å². The maximum atomic E-state index is 12.7. The Bertz CT molecular complexity index is 558. The summed E-state index contributed by atoms with van der Waals surface area (Å²) in [5.74, 6) is -0.478. The molecule has 0 saturated carbocycles. The molecule has 0 aliphatic carbocycles. The van der Waals surface area contributed by atoms with E-state index in [4.69, 9.17) is 4.74 Å². The number of methoxy groups -OCH3 is 1. The molecule has 6 heteroatoms. The lowest BCUT2D eigenvalue weighted by molar-refractivity contribution is 0.102. The Hall–Kier alpha value is -2.50. The van der Waals surface area contributed by atoms with Gasteiger partial charge in [0.25, 0.3) is 5.91 Å². The highest BCUT2D eigenvalue weighted by atomic mass is 19.1. The molecule has 0 spiro atoms. The molecule has 0 radical (unpaired) electrons. The molecule has 0 saturated heterocycles. The van der Waals surface area contributed by atoms with E-state index in [1.807, 2.05) is 0 Å². The van der Waals surface area contributed by atoms with Crippen molar-refractivity contribution in [1.82, 2.24) is 9.97 Å². The Labute approximate surface area is 103 Å². The van der Waals surface area contributed by atoms with Crippen LogP contribution in [0.1, 0.15) is 10.5 Å². The van der Waals surface area contributed by atoms with Crippen molar-refractivity contribution in [2.75, 3.05) is 12.4 Å². The molecule has 0 aliphatic heterocycles. The van der Waals surface area contributed by atoms with Gasteiger partial charge in [-0.25, -0.2) is 14.4 Å². The van der Waals surface area contributed by atoms with Gasteiger partial charge in [0.05, 0.1) is 7.11 Å². The van der Waals surface area contributed by atoms with Gasteiger partial charge in [0.1, 0.15) is 17.8 Å². The Morgan fingerprint density at radius 2 is 2.00 bits per heavy atom. The number of halogens is 1. The standard InChI is InChI=1S/C12H10FN3O2/c1-18-11-6-10(14-7-15-11)12(17)16-9-4-2-8(13)3-5-9/h2-7H,1H3,(H,16,17). The van der Waals surface area contributed by atoms with Crippen molar-refractivity contribution in [3.63, 3.8) is 0 Å². The third-order valence-electron chi connectivity index (χ3n) is 2.19. The second kappa shape index (κ2) is 5.22. The fraction of sp³-hybridized carbons (Fsp3) is 0.0833. The van der Waals surface area contributed by atoms with Crippen LogP contribution in [0.3, 0.4) is 0 Å². The molecule has 0 unspecified atom stereocenters. The Kier molecular flexibility index (Phi) is 3.47. The Morgan fingerprint density at radius 3 is 2.67 bits per heavy atom. The van der Waals surface area contributed by atoms with Gasteiger partial charge < -0.3 is 10.1 Å². The molecule has 0 atom stereocenters. The van der Waals surface area contributed by atoms with Crippen molar-refractivity contribution in [1.29, 1.82) is 0 Å². The largest absolute Gasteiger partial charge is 0.481 e. The van der Waals surface area contributed by atoms with Gasteiger partial charge in [-0.2, -0.15) is 0 Å². The van der Waals surface area contributed by atoms with Gasteiger partial charge in [0.15, 0.2) is 0 Å². The van der Waals surface area contributed by atoms with E-state index in [9.17, 15) is 9.18 Å². The number of carbonyl (C=O) groups excluding carboxylic acids is 1. The number of carbonyl (C=O) groups is 1. The summed E-state index contributed by atoms with van der Waals surface area (Å²) in [4.78, 5) is 19.4. The lowest BCUT2D eigenvalue weighted by atomic mass is 10.3. The average Bonchev–Trinajstić information content (AvgIpc) is 2.41. The quantitative estimate of drug-likeness (QED) is 0.899. The van der Waals surface area contributed by atoms with Gasteiger partial charge in [0.2, 0.25) is 5.88 Å². The average molecular weight is 247 g/mol. The first-order chi connectivity index (χ1) is 8.69. The lowest BCUT2D eigenvalue weighted by Crippen LogP contribution is -2.14. The molecule has 1 amide bonds. The molecule has 92 valence electrons. The zero-order valence-corrected chi connectivity index (χ0v) is 9.55. The van der Waals surface area contributed by atoms with Crippen molar-refractivity contribution < 1.29 is 13.9 Å².